The maximum Gasteiger partial charge on any atom is 0.374 e. The van der Waals surface area contributed by atoms with Crippen molar-refractivity contribution in [1.82, 2.24) is 9.78 Å². The third-order valence-corrected chi connectivity index (χ3v) is 3.75. The molecule has 0 radical (unpaired) electrons. The number of hydrogen-bond acceptors (Lipinski definition) is 5. The summed E-state index contributed by atoms with van der Waals surface area (Å²) in [7, 11) is 0. The Balaban J connectivity index is 1.56. The average molecular weight is 353 g/mol. The van der Waals surface area contributed by atoms with Crippen molar-refractivity contribution in [2.24, 2.45) is 0 Å². The molecular formula is C19H19N3O4. The number of furan rings is 1. The topological polar surface area (TPSA) is 77.6 Å². The van der Waals surface area contributed by atoms with Crippen LogP contribution in [0.2, 0.25) is 0 Å². The van der Waals surface area contributed by atoms with E-state index in [0.717, 1.165) is 5.69 Å². The molecule has 0 aliphatic carbocycles. The van der Waals surface area contributed by atoms with Crippen molar-refractivity contribution in [3.63, 3.8) is 0 Å². The van der Waals surface area contributed by atoms with Crippen LogP contribution in [0.3, 0.4) is 0 Å². The van der Waals surface area contributed by atoms with Crippen molar-refractivity contribution in [3.8, 4) is 0 Å². The van der Waals surface area contributed by atoms with Crippen LogP contribution in [0.1, 0.15) is 23.2 Å². The van der Waals surface area contributed by atoms with Gasteiger partial charge in [0.05, 0.1) is 6.54 Å². The fraction of sp³-hybridized carbons (Fsp3) is 0.211. The predicted octanol–water partition coefficient (Wildman–Crippen LogP) is 2.73. The zero-order valence-electron chi connectivity index (χ0n) is 14.4. The number of benzene rings is 1. The highest BCUT2D eigenvalue weighted by atomic mass is 16.5. The molecule has 0 atom stereocenters. The van der Waals surface area contributed by atoms with Crippen molar-refractivity contribution < 1.29 is 18.7 Å². The standard InChI is InChI=1S/C19H19N3O4/c1-2-22(15-7-4-3-5-8-15)18(23)14-25-19(24)17-10-9-16(26-17)13-21-12-6-11-20-21/h3-12H,2,13-14H2,1H3. The molecule has 3 aromatic rings. The molecule has 0 spiro atoms. The molecule has 0 aliphatic heterocycles. The minimum absolute atomic E-state index is 0.0581. The molecule has 0 unspecified atom stereocenters. The molecule has 2 heterocycles. The number of likely N-dealkylation sites (N-methyl/N-ethyl adjacent to an activating group) is 1. The number of hydrogen-bond donors (Lipinski definition) is 0. The molecule has 7 nitrogen and oxygen atoms in total. The van der Waals surface area contributed by atoms with Crippen molar-refractivity contribution in [3.05, 3.63) is 72.4 Å². The third-order valence-electron chi connectivity index (χ3n) is 3.75. The number of ether oxygens (including phenoxy) is 1. The Morgan fingerprint density at radius 3 is 2.65 bits per heavy atom. The summed E-state index contributed by atoms with van der Waals surface area (Å²) in [6.07, 6.45) is 3.46. The van der Waals surface area contributed by atoms with E-state index in [0.29, 0.717) is 18.8 Å². The number of amides is 1. The third kappa shape index (κ3) is 4.18. The van der Waals surface area contributed by atoms with Crippen molar-refractivity contribution in [2.75, 3.05) is 18.1 Å². The SMILES string of the molecule is CCN(C(=O)COC(=O)c1ccc(Cn2cccn2)o1)c1ccccc1. The van der Waals surface area contributed by atoms with E-state index in [4.69, 9.17) is 9.15 Å². The van der Waals surface area contributed by atoms with E-state index in [1.165, 1.54) is 6.07 Å². The molecule has 26 heavy (non-hydrogen) atoms. The Morgan fingerprint density at radius 2 is 1.96 bits per heavy atom. The highest BCUT2D eigenvalue weighted by Gasteiger charge is 2.18. The van der Waals surface area contributed by atoms with Gasteiger partial charge in [0.25, 0.3) is 5.91 Å². The van der Waals surface area contributed by atoms with E-state index in [9.17, 15) is 9.59 Å². The van der Waals surface area contributed by atoms with E-state index in [1.807, 2.05) is 37.3 Å². The Morgan fingerprint density at radius 1 is 1.15 bits per heavy atom. The fourth-order valence-corrected chi connectivity index (χ4v) is 2.51. The molecule has 0 saturated heterocycles. The summed E-state index contributed by atoms with van der Waals surface area (Å²) in [6.45, 7) is 2.41. The lowest BCUT2D eigenvalue weighted by molar-refractivity contribution is -0.121. The lowest BCUT2D eigenvalue weighted by Gasteiger charge is -2.20. The van der Waals surface area contributed by atoms with Crippen LogP contribution < -0.4 is 4.90 Å². The molecule has 0 N–H and O–H groups in total. The van der Waals surface area contributed by atoms with E-state index in [-0.39, 0.29) is 18.3 Å². The lowest BCUT2D eigenvalue weighted by Crippen LogP contribution is -2.34. The minimum Gasteiger partial charge on any atom is -0.452 e. The number of para-hydroxylation sites is 1. The fourth-order valence-electron chi connectivity index (χ4n) is 2.51. The molecule has 2 aromatic heterocycles. The number of aromatic nitrogens is 2. The lowest BCUT2D eigenvalue weighted by atomic mass is 10.3. The quantitative estimate of drug-likeness (QED) is 0.610. The van der Waals surface area contributed by atoms with Crippen LogP contribution in [0.15, 0.2) is 65.3 Å². The summed E-state index contributed by atoms with van der Waals surface area (Å²) < 4.78 is 12.2. The van der Waals surface area contributed by atoms with E-state index < -0.39 is 5.97 Å². The van der Waals surface area contributed by atoms with Gasteiger partial charge in [0.2, 0.25) is 5.76 Å². The molecule has 0 bridgehead atoms. The first kappa shape index (κ1) is 17.5. The van der Waals surface area contributed by atoms with Gasteiger partial charge in [-0.05, 0) is 37.3 Å². The van der Waals surface area contributed by atoms with Crippen LogP contribution in [0.5, 0.6) is 0 Å². The van der Waals surface area contributed by atoms with Crippen LogP contribution in [-0.4, -0.2) is 34.8 Å². The van der Waals surface area contributed by atoms with Crippen LogP contribution in [0.4, 0.5) is 5.69 Å². The van der Waals surface area contributed by atoms with E-state index in [2.05, 4.69) is 5.10 Å². The monoisotopic (exact) mass is 353 g/mol. The van der Waals surface area contributed by atoms with Crippen LogP contribution in [0, 0.1) is 0 Å². The molecule has 3 rings (SSSR count). The number of carbonyl (C=O) groups is 2. The summed E-state index contributed by atoms with van der Waals surface area (Å²) in [4.78, 5) is 26.0. The Hall–Kier alpha value is -3.35. The molecule has 0 saturated carbocycles. The van der Waals surface area contributed by atoms with Gasteiger partial charge in [0, 0.05) is 24.6 Å². The zero-order valence-corrected chi connectivity index (χ0v) is 14.4. The summed E-state index contributed by atoms with van der Waals surface area (Å²) in [5, 5.41) is 4.07. The van der Waals surface area contributed by atoms with Gasteiger partial charge < -0.3 is 14.1 Å². The molecule has 134 valence electrons. The molecule has 1 aromatic carbocycles. The zero-order chi connectivity index (χ0) is 18.4. The van der Waals surface area contributed by atoms with Gasteiger partial charge in [-0.15, -0.1) is 0 Å². The van der Waals surface area contributed by atoms with Crippen LogP contribution >= 0.6 is 0 Å². The first-order chi connectivity index (χ1) is 12.7. The van der Waals surface area contributed by atoms with Crippen LogP contribution in [-0.2, 0) is 16.1 Å². The van der Waals surface area contributed by atoms with Gasteiger partial charge in [0.1, 0.15) is 5.76 Å². The second kappa shape index (κ2) is 8.15. The van der Waals surface area contributed by atoms with Gasteiger partial charge in [-0.3, -0.25) is 9.48 Å². The number of rotatable bonds is 7. The van der Waals surface area contributed by atoms with E-state index >= 15 is 0 Å². The number of carbonyl (C=O) groups excluding carboxylic acids is 2. The van der Waals surface area contributed by atoms with Gasteiger partial charge >= 0.3 is 5.97 Å². The molecule has 0 fully saturated rings. The predicted molar refractivity (Wildman–Crippen MR) is 94.8 cm³/mol. The summed E-state index contributed by atoms with van der Waals surface area (Å²) in [6, 6.07) is 14.2. The van der Waals surface area contributed by atoms with Crippen molar-refractivity contribution >= 4 is 17.6 Å². The first-order valence-electron chi connectivity index (χ1n) is 8.26. The van der Waals surface area contributed by atoms with Gasteiger partial charge in [0.15, 0.2) is 6.61 Å². The smallest absolute Gasteiger partial charge is 0.374 e. The Labute approximate surface area is 150 Å². The second-order valence-corrected chi connectivity index (χ2v) is 5.52. The molecule has 7 heteroatoms. The number of nitrogens with zero attached hydrogens (tertiary/aromatic N) is 3. The minimum atomic E-state index is -0.672. The average Bonchev–Trinajstić information content (AvgIpc) is 3.34. The van der Waals surface area contributed by atoms with E-state index in [1.54, 1.807) is 34.1 Å². The maximum atomic E-state index is 12.3. The van der Waals surface area contributed by atoms with Gasteiger partial charge in [-0.25, -0.2) is 4.79 Å². The van der Waals surface area contributed by atoms with Gasteiger partial charge in [-0.2, -0.15) is 5.10 Å². The van der Waals surface area contributed by atoms with Crippen molar-refractivity contribution in [2.45, 2.75) is 13.5 Å². The molecule has 1 amide bonds. The maximum absolute atomic E-state index is 12.3. The van der Waals surface area contributed by atoms with Gasteiger partial charge in [-0.1, -0.05) is 18.2 Å². The molecular weight excluding hydrogens is 334 g/mol. The summed E-state index contributed by atoms with van der Waals surface area (Å²) >= 11 is 0. The Kier molecular flexibility index (Phi) is 5.48. The molecule has 0 aliphatic rings. The van der Waals surface area contributed by atoms with Crippen molar-refractivity contribution in [1.29, 1.82) is 0 Å². The summed E-state index contributed by atoms with van der Waals surface area (Å²) in [5.74, 6) is -0.335. The number of esters is 1. The highest BCUT2D eigenvalue weighted by Crippen LogP contribution is 2.14. The second-order valence-electron chi connectivity index (χ2n) is 5.52. The highest BCUT2D eigenvalue weighted by molar-refractivity contribution is 5.96. The van der Waals surface area contributed by atoms with Crippen LogP contribution in [0.25, 0.3) is 0 Å². The summed E-state index contributed by atoms with van der Waals surface area (Å²) in [5.41, 5.74) is 0.760. The largest absolute Gasteiger partial charge is 0.452 e. The first-order valence-corrected chi connectivity index (χ1v) is 8.26. The number of anilines is 1. The normalized spacial score (nSPS) is 10.5. The Bertz CT molecular complexity index is 856.